The summed E-state index contributed by atoms with van der Waals surface area (Å²) in [6, 6.07) is 3.73. The van der Waals surface area contributed by atoms with Crippen LogP contribution in [0.4, 0.5) is 32.0 Å². The number of hydrogen-bond acceptors (Lipinski definition) is 4. The molecule has 0 atom stereocenters. The Labute approximate surface area is 186 Å². The summed E-state index contributed by atoms with van der Waals surface area (Å²) in [4.78, 5) is 24.9. The van der Waals surface area contributed by atoms with Gasteiger partial charge in [0.2, 0.25) is 5.28 Å². The minimum absolute atomic E-state index is 0.0609. The zero-order chi connectivity index (χ0) is 24.5. The highest BCUT2D eigenvalue weighted by Crippen LogP contribution is 2.29. The van der Waals surface area contributed by atoms with Gasteiger partial charge in [0.25, 0.3) is 5.91 Å². The van der Waals surface area contributed by atoms with Crippen molar-refractivity contribution in [1.82, 2.24) is 14.3 Å². The van der Waals surface area contributed by atoms with Crippen molar-refractivity contribution in [2.75, 3.05) is 11.9 Å². The van der Waals surface area contributed by atoms with Crippen LogP contribution in [-0.2, 0) is 6.54 Å². The molecule has 7 nitrogen and oxygen atoms in total. The number of rotatable bonds is 6. The lowest BCUT2D eigenvalue weighted by molar-refractivity contribution is -0.153. The standard InChI is InChI=1S/C19H13ClF6N4O3/c1-2-29-17(20)28-30(18(29)32)13-7-14(33-8-19(24,25)26)9(6-12(13)23)16(31)27-15-10(21)4-3-5-11(15)22/h3-7H,2,8H2,1H3,(H,27,31). The van der Waals surface area contributed by atoms with Gasteiger partial charge in [0, 0.05) is 12.6 Å². The van der Waals surface area contributed by atoms with Gasteiger partial charge in [-0.15, -0.1) is 5.10 Å². The number of alkyl halides is 3. The first-order valence-electron chi connectivity index (χ1n) is 9.07. The third kappa shape index (κ3) is 5.13. The largest absolute Gasteiger partial charge is 0.483 e. The first-order valence-corrected chi connectivity index (χ1v) is 9.45. The minimum Gasteiger partial charge on any atom is -0.483 e. The van der Waals surface area contributed by atoms with Gasteiger partial charge in [-0.25, -0.2) is 18.0 Å². The Bertz CT molecular complexity index is 1250. The Hall–Kier alpha value is -3.48. The van der Waals surface area contributed by atoms with Gasteiger partial charge in [0.15, 0.2) is 6.61 Å². The number of para-hydroxylation sites is 1. The number of anilines is 1. The van der Waals surface area contributed by atoms with Crippen LogP contribution in [0.2, 0.25) is 5.28 Å². The van der Waals surface area contributed by atoms with E-state index in [1.165, 1.54) is 0 Å². The molecule has 0 aliphatic rings. The molecule has 1 N–H and O–H groups in total. The second-order valence-corrected chi connectivity index (χ2v) is 6.80. The molecule has 0 saturated carbocycles. The second kappa shape index (κ2) is 9.17. The maximum absolute atomic E-state index is 14.8. The summed E-state index contributed by atoms with van der Waals surface area (Å²) in [5, 5.41) is 5.15. The molecule has 33 heavy (non-hydrogen) atoms. The van der Waals surface area contributed by atoms with Gasteiger partial charge in [0.1, 0.15) is 34.6 Å². The van der Waals surface area contributed by atoms with Crippen molar-refractivity contribution in [3.63, 3.8) is 0 Å². The van der Waals surface area contributed by atoms with E-state index in [4.69, 9.17) is 11.6 Å². The fourth-order valence-corrected chi connectivity index (χ4v) is 3.02. The predicted octanol–water partition coefficient (Wildman–Crippen LogP) is 4.32. The second-order valence-electron chi connectivity index (χ2n) is 6.46. The molecule has 2 aromatic carbocycles. The molecule has 3 aromatic rings. The lowest BCUT2D eigenvalue weighted by Crippen LogP contribution is -2.25. The topological polar surface area (TPSA) is 78.2 Å². The summed E-state index contributed by atoms with van der Waals surface area (Å²) in [7, 11) is 0. The number of aromatic nitrogens is 3. The van der Waals surface area contributed by atoms with Crippen LogP contribution in [0.3, 0.4) is 0 Å². The Morgan fingerprint density at radius 1 is 1.15 bits per heavy atom. The molecule has 0 aliphatic carbocycles. The van der Waals surface area contributed by atoms with E-state index < -0.39 is 64.5 Å². The van der Waals surface area contributed by atoms with Gasteiger partial charge >= 0.3 is 11.9 Å². The number of nitrogens with zero attached hydrogens (tertiary/aromatic N) is 3. The smallest absolute Gasteiger partial charge is 0.422 e. The minimum atomic E-state index is -4.84. The maximum Gasteiger partial charge on any atom is 0.422 e. The number of carbonyl (C=O) groups excluding carboxylic acids is 1. The van der Waals surface area contributed by atoms with Crippen molar-refractivity contribution in [2.24, 2.45) is 0 Å². The average molecular weight is 495 g/mol. The summed E-state index contributed by atoms with van der Waals surface area (Å²) in [6.07, 6.45) is -4.84. The Kier molecular flexibility index (Phi) is 6.72. The average Bonchev–Trinajstić information content (AvgIpc) is 3.02. The van der Waals surface area contributed by atoms with E-state index in [0.29, 0.717) is 16.8 Å². The Morgan fingerprint density at radius 2 is 1.79 bits per heavy atom. The highest BCUT2D eigenvalue weighted by atomic mass is 35.5. The monoisotopic (exact) mass is 494 g/mol. The first-order chi connectivity index (χ1) is 15.4. The van der Waals surface area contributed by atoms with E-state index in [0.717, 1.165) is 22.8 Å². The molecule has 0 unspecified atom stereocenters. The van der Waals surface area contributed by atoms with Crippen LogP contribution in [0.25, 0.3) is 5.69 Å². The summed E-state index contributed by atoms with van der Waals surface area (Å²) in [6.45, 7) is -0.278. The van der Waals surface area contributed by atoms with Crippen LogP contribution in [-0.4, -0.2) is 33.0 Å². The van der Waals surface area contributed by atoms with Crippen LogP contribution >= 0.6 is 11.6 Å². The molecule has 1 amide bonds. The van der Waals surface area contributed by atoms with E-state index in [1.807, 2.05) is 5.32 Å². The van der Waals surface area contributed by atoms with Crippen molar-refractivity contribution in [3.05, 3.63) is 69.1 Å². The van der Waals surface area contributed by atoms with Gasteiger partial charge in [-0.3, -0.25) is 9.36 Å². The predicted molar refractivity (Wildman–Crippen MR) is 104 cm³/mol. The Balaban J connectivity index is 2.11. The number of ether oxygens (including phenoxy) is 1. The number of nitrogens with one attached hydrogen (secondary N) is 1. The number of carbonyl (C=O) groups is 1. The quantitative estimate of drug-likeness (QED) is 0.518. The van der Waals surface area contributed by atoms with Crippen LogP contribution < -0.4 is 15.7 Å². The third-order valence-electron chi connectivity index (χ3n) is 4.25. The van der Waals surface area contributed by atoms with E-state index in [-0.39, 0.29) is 11.8 Å². The molecule has 0 bridgehead atoms. The van der Waals surface area contributed by atoms with Gasteiger partial charge in [-0.1, -0.05) is 6.07 Å². The number of benzene rings is 2. The molecule has 0 aliphatic heterocycles. The normalized spacial score (nSPS) is 11.5. The SMILES string of the molecule is CCn1c(Cl)nn(-c2cc(OCC(F)(F)F)c(C(=O)Nc3c(F)cccc3F)cc2F)c1=O. The molecule has 14 heteroatoms. The molecular weight excluding hydrogens is 482 g/mol. The fraction of sp³-hybridized carbons (Fsp3) is 0.211. The number of halogens is 7. The van der Waals surface area contributed by atoms with Crippen molar-refractivity contribution in [3.8, 4) is 11.4 Å². The molecule has 176 valence electrons. The van der Waals surface area contributed by atoms with Gasteiger partial charge in [-0.2, -0.15) is 17.9 Å². The van der Waals surface area contributed by atoms with Crippen LogP contribution in [0.15, 0.2) is 35.1 Å². The van der Waals surface area contributed by atoms with Crippen molar-refractivity contribution < 1.29 is 35.9 Å². The molecule has 3 rings (SSSR count). The summed E-state index contributed by atoms with van der Waals surface area (Å²) >= 11 is 5.81. The van der Waals surface area contributed by atoms with Crippen molar-refractivity contribution >= 4 is 23.2 Å². The van der Waals surface area contributed by atoms with E-state index >= 15 is 0 Å². The maximum atomic E-state index is 14.8. The molecule has 0 saturated heterocycles. The van der Waals surface area contributed by atoms with E-state index in [2.05, 4.69) is 9.84 Å². The number of hydrogen-bond donors (Lipinski definition) is 1. The molecule has 0 fully saturated rings. The van der Waals surface area contributed by atoms with Gasteiger partial charge < -0.3 is 10.1 Å². The molecule has 0 spiro atoms. The lowest BCUT2D eigenvalue weighted by atomic mass is 10.1. The molecular formula is C19H13ClF6N4O3. The van der Waals surface area contributed by atoms with Crippen LogP contribution in [0.1, 0.15) is 17.3 Å². The lowest BCUT2D eigenvalue weighted by Gasteiger charge is -2.15. The number of amides is 1. The first kappa shape index (κ1) is 24.2. The van der Waals surface area contributed by atoms with E-state index in [9.17, 15) is 35.9 Å². The van der Waals surface area contributed by atoms with Crippen molar-refractivity contribution in [1.29, 1.82) is 0 Å². The molecule has 1 heterocycles. The summed E-state index contributed by atoms with van der Waals surface area (Å²) in [5.41, 5.74) is -3.30. The highest BCUT2D eigenvalue weighted by Gasteiger charge is 2.30. The third-order valence-corrected chi connectivity index (χ3v) is 4.53. The van der Waals surface area contributed by atoms with Crippen LogP contribution in [0.5, 0.6) is 5.75 Å². The molecule has 0 radical (unpaired) electrons. The summed E-state index contributed by atoms with van der Waals surface area (Å²) < 4.78 is 86.7. The van der Waals surface area contributed by atoms with Gasteiger partial charge in [0.05, 0.1) is 5.56 Å². The zero-order valence-electron chi connectivity index (χ0n) is 16.5. The fourth-order valence-electron chi connectivity index (χ4n) is 2.75. The molecule has 1 aromatic heterocycles. The van der Waals surface area contributed by atoms with Crippen LogP contribution in [0, 0.1) is 17.5 Å². The van der Waals surface area contributed by atoms with Gasteiger partial charge in [-0.05, 0) is 36.7 Å². The highest BCUT2D eigenvalue weighted by molar-refractivity contribution is 6.28. The Morgan fingerprint density at radius 3 is 2.33 bits per heavy atom. The zero-order valence-corrected chi connectivity index (χ0v) is 17.3. The van der Waals surface area contributed by atoms with Crippen molar-refractivity contribution in [2.45, 2.75) is 19.6 Å². The van der Waals surface area contributed by atoms with E-state index in [1.54, 1.807) is 6.92 Å². The summed E-state index contributed by atoms with van der Waals surface area (Å²) in [5.74, 6) is -5.82.